The number of halogens is 4. The maximum atomic E-state index is 13.8. The van der Waals surface area contributed by atoms with Gasteiger partial charge in [-0.15, -0.1) is 0 Å². The Morgan fingerprint density at radius 3 is 2.10 bits per heavy atom. The highest BCUT2D eigenvalue weighted by Crippen LogP contribution is 2.14. The van der Waals surface area contributed by atoms with Crippen molar-refractivity contribution in [3.63, 3.8) is 0 Å². The van der Waals surface area contributed by atoms with E-state index in [1.165, 1.54) is 19.3 Å². The van der Waals surface area contributed by atoms with Crippen molar-refractivity contribution in [2.24, 2.45) is 0 Å². The van der Waals surface area contributed by atoms with Crippen LogP contribution >= 0.6 is 0 Å². The quantitative estimate of drug-likeness (QED) is 0.277. The molecule has 2 aromatic heterocycles. The van der Waals surface area contributed by atoms with Crippen LogP contribution in [0.5, 0.6) is 5.75 Å². The first-order valence-corrected chi connectivity index (χ1v) is 12.0. The van der Waals surface area contributed by atoms with Crippen LogP contribution in [0.1, 0.15) is 34.5 Å². The van der Waals surface area contributed by atoms with Gasteiger partial charge in [0, 0.05) is 54.9 Å². The number of amides is 2. The first-order chi connectivity index (χ1) is 19.5. The third-order valence-corrected chi connectivity index (χ3v) is 6.10. The van der Waals surface area contributed by atoms with Crippen molar-refractivity contribution >= 4 is 17.5 Å². The summed E-state index contributed by atoms with van der Waals surface area (Å²) in [5, 5.41) is 15.1. The van der Waals surface area contributed by atoms with Gasteiger partial charge in [-0.05, 0) is 19.1 Å². The number of nitrogens with zero attached hydrogens (tertiary/aromatic N) is 2. The van der Waals surface area contributed by atoms with Crippen LogP contribution in [0.2, 0.25) is 0 Å². The number of carbonyl (C=O) groups is 2. The summed E-state index contributed by atoms with van der Waals surface area (Å²) in [5.74, 6) is -5.31. The number of benzene rings is 2. The molecule has 1 atom stereocenters. The Bertz CT molecular complexity index is 1770. The fourth-order valence-corrected chi connectivity index (χ4v) is 3.89. The van der Waals surface area contributed by atoms with Crippen molar-refractivity contribution < 1.29 is 37.0 Å². The van der Waals surface area contributed by atoms with Gasteiger partial charge >= 0.3 is 6.09 Å². The molecule has 0 saturated heterocycles. The lowest BCUT2D eigenvalue weighted by molar-refractivity contribution is 0.0948. The van der Waals surface area contributed by atoms with E-state index in [1.54, 1.807) is 0 Å². The molecule has 4 aromatic rings. The lowest BCUT2D eigenvalue weighted by Crippen LogP contribution is -2.33. The summed E-state index contributed by atoms with van der Waals surface area (Å²) in [6.07, 6.45) is 2.63. The highest BCUT2D eigenvalue weighted by atomic mass is 19.1. The largest absolute Gasteiger partial charge is 0.503 e. The minimum atomic E-state index is -1.16. The van der Waals surface area contributed by atoms with E-state index >= 15 is 0 Å². The van der Waals surface area contributed by atoms with Crippen LogP contribution in [0.25, 0.3) is 5.52 Å². The molecule has 0 aliphatic heterocycles. The molecule has 2 heterocycles. The zero-order chi connectivity index (χ0) is 29.8. The summed E-state index contributed by atoms with van der Waals surface area (Å²) in [5.41, 5.74) is -3.01. The van der Waals surface area contributed by atoms with Crippen LogP contribution in [0.4, 0.5) is 22.4 Å². The molecular formula is C27H22F4N4O6. The van der Waals surface area contributed by atoms with Crippen molar-refractivity contribution in [2.45, 2.75) is 26.1 Å². The standard InChI is InChI=1S/C27H22F4N4O6/c1-14(13-41-27(40)33-11-16-3-5-18(29)9-21(16)31)35-7-6-34-12-19(23(36)24(37)22(34)26(35)39)25(38)32-10-15-2-4-17(28)8-20(15)30/h2-9,12,14,37H,10-11,13H2,1H3,(H,32,38)(H,33,40)/t14-/m0/s1. The number of pyridine rings is 1. The van der Waals surface area contributed by atoms with Gasteiger partial charge in [-0.3, -0.25) is 14.4 Å². The van der Waals surface area contributed by atoms with Crippen molar-refractivity contribution in [3.05, 3.63) is 116 Å². The van der Waals surface area contributed by atoms with Gasteiger partial charge in [-0.25, -0.2) is 22.4 Å². The molecule has 3 N–H and O–H groups in total. The van der Waals surface area contributed by atoms with Gasteiger partial charge in [0.15, 0.2) is 11.3 Å². The molecule has 0 unspecified atom stereocenters. The molecule has 4 rings (SSSR count). The predicted molar refractivity (Wildman–Crippen MR) is 136 cm³/mol. The number of hydrogen-bond acceptors (Lipinski definition) is 6. The number of rotatable bonds is 8. The molecule has 14 heteroatoms. The van der Waals surface area contributed by atoms with E-state index in [-0.39, 0.29) is 30.8 Å². The van der Waals surface area contributed by atoms with Gasteiger partial charge in [0.2, 0.25) is 5.43 Å². The molecule has 10 nitrogen and oxygen atoms in total. The second kappa shape index (κ2) is 11.9. The highest BCUT2D eigenvalue weighted by molar-refractivity contribution is 5.94. The molecule has 0 radical (unpaired) electrons. The van der Waals surface area contributed by atoms with Gasteiger partial charge in [-0.2, -0.15) is 0 Å². The average Bonchev–Trinajstić information content (AvgIpc) is 2.92. The average molecular weight is 574 g/mol. The van der Waals surface area contributed by atoms with Gasteiger partial charge in [-0.1, -0.05) is 12.1 Å². The molecule has 0 bridgehead atoms. The lowest BCUT2D eigenvalue weighted by atomic mass is 10.2. The van der Waals surface area contributed by atoms with Crippen molar-refractivity contribution in [1.29, 1.82) is 0 Å². The van der Waals surface area contributed by atoms with Crippen molar-refractivity contribution in [1.82, 2.24) is 19.6 Å². The Hall–Kier alpha value is -5.14. The summed E-state index contributed by atoms with van der Waals surface area (Å²) in [7, 11) is 0. The summed E-state index contributed by atoms with van der Waals surface area (Å²) in [4.78, 5) is 50.4. The topological polar surface area (TPSA) is 131 Å². The Morgan fingerprint density at radius 1 is 0.927 bits per heavy atom. The van der Waals surface area contributed by atoms with Crippen LogP contribution in [-0.4, -0.2) is 32.7 Å². The van der Waals surface area contributed by atoms with Gasteiger partial charge in [0.1, 0.15) is 35.4 Å². The number of fused-ring (bicyclic) bond motifs is 1. The van der Waals surface area contributed by atoms with Crippen LogP contribution in [0.15, 0.2) is 64.6 Å². The number of alkyl carbamates (subject to hydrolysis) is 1. The molecule has 0 spiro atoms. The molecule has 0 saturated carbocycles. The maximum absolute atomic E-state index is 13.8. The third kappa shape index (κ3) is 6.37. The molecule has 0 fully saturated rings. The molecule has 41 heavy (non-hydrogen) atoms. The number of nitrogens with one attached hydrogen (secondary N) is 2. The fraction of sp³-hybridized carbons (Fsp3) is 0.185. The van der Waals surface area contributed by atoms with E-state index in [2.05, 4.69) is 10.6 Å². The van der Waals surface area contributed by atoms with Crippen LogP contribution in [-0.2, 0) is 17.8 Å². The molecule has 2 amide bonds. The van der Waals surface area contributed by atoms with Crippen LogP contribution < -0.4 is 21.6 Å². The van der Waals surface area contributed by atoms with E-state index in [4.69, 9.17) is 4.74 Å². The number of ether oxygens (including phenoxy) is 1. The Morgan fingerprint density at radius 2 is 1.51 bits per heavy atom. The van der Waals surface area contributed by atoms with Crippen molar-refractivity contribution in [2.75, 3.05) is 6.61 Å². The Labute approximate surface area is 228 Å². The van der Waals surface area contributed by atoms with Crippen LogP contribution in [0.3, 0.4) is 0 Å². The first kappa shape index (κ1) is 28.9. The highest BCUT2D eigenvalue weighted by Gasteiger charge is 2.21. The fourth-order valence-electron chi connectivity index (χ4n) is 3.89. The molecule has 2 aromatic carbocycles. The summed E-state index contributed by atoms with van der Waals surface area (Å²) in [6, 6.07) is 4.84. The first-order valence-electron chi connectivity index (χ1n) is 12.0. The summed E-state index contributed by atoms with van der Waals surface area (Å²) in [6.45, 7) is 0.524. The lowest BCUT2D eigenvalue weighted by Gasteiger charge is -2.17. The summed E-state index contributed by atoms with van der Waals surface area (Å²) >= 11 is 0. The molecule has 214 valence electrons. The number of aromatic hydroxyl groups is 1. The van der Waals surface area contributed by atoms with Crippen molar-refractivity contribution in [3.8, 4) is 5.75 Å². The normalized spacial score (nSPS) is 11.7. The van der Waals surface area contributed by atoms with Gasteiger partial charge in [0.25, 0.3) is 11.5 Å². The third-order valence-electron chi connectivity index (χ3n) is 6.10. The molecular weight excluding hydrogens is 552 g/mol. The van der Waals surface area contributed by atoms with E-state index < -0.39 is 69.1 Å². The summed E-state index contributed by atoms with van der Waals surface area (Å²) < 4.78 is 60.8. The monoisotopic (exact) mass is 574 g/mol. The number of carbonyl (C=O) groups excluding carboxylic acids is 2. The molecule has 0 aliphatic carbocycles. The smallest absolute Gasteiger partial charge is 0.407 e. The Kier molecular flexibility index (Phi) is 8.40. The molecule has 0 aliphatic rings. The van der Waals surface area contributed by atoms with E-state index in [9.17, 15) is 41.8 Å². The van der Waals surface area contributed by atoms with E-state index in [1.807, 2.05) is 0 Å². The van der Waals surface area contributed by atoms with E-state index in [0.717, 1.165) is 39.4 Å². The SMILES string of the molecule is C[C@@H](COC(=O)NCc1ccc(F)cc1F)n1ccn2cc(C(=O)NCc3ccc(F)cc3F)c(=O)c(O)c2c1=O. The van der Waals surface area contributed by atoms with Gasteiger partial charge in [0.05, 0.1) is 6.04 Å². The van der Waals surface area contributed by atoms with Gasteiger partial charge < -0.3 is 29.4 Å². The minimum Gasteiger partial charge on any atom is -0.503 e. The second-order valence-electron chi connectivity index (χ2n) is 8.94. The minimum absolute atomic E-state index is 0.0266. The zero-order valence-corrected chi connectivity index (χ0v) is 21.3. The maximum Gasteiger partial charge on any atom is 0.407 e. The second-order valence-corrected chi connectivity index (χ2v) is 8.94. The number of aromatic nitrogens is 2. The zero-order valence-electron chi connectivity index (χ0n) is 21.3. The van der Waals surface area contributed by atoms with Crippen LogP contribution in [0, 0.1) is 23.3 Å². The Balaban J connectivity index is 1.45. The van der Waals surface area contributed by atoms with E-state index in [0.29, 0.717) is 12.1 Å². The predicted octanol–water partition coefficient (Wildman–Crippen LogP) is 3.14. The number of hydrogen-bond donors (Lipinski definition) is 3.